The summed E-state index contributed by atoms with van der Waals surface area (Å²) in [5.41, 5.74) is 3.86. The number of nitrogens with one attached hydrogen (secondary N) is 1. The second-order valence-electron chi connectivity index (χ2n) is 10.3. The van der Waals surface area contributed by atoms with Crippen molar-refractivity contribution in [3.05, 3.63) is 59.7 Å². The fourth-order valence-electron chi connectivity index (χ4n) is 5.78. The van der Waals surface area contributed by atoms with Gasteiger partial charge in [0.15, 0.2) is 0 Å². The van der Waals surface area contributed by atoms with Gasteiger partial charge in [0, 0.05) is 12.5 Å². The number of aliphatic carboxylic acids is 1. The molecular weight excluding hydrogens is 444 g/mol. The van der Waals surface area contributed by atoms with E-state index in [-0.39, 0.29) is 30.8 Å². The molecule has 1 saturated heterocycles. The summed E-state index contributed by atoms with van der Waals surface area (Å²) in [6, 6.07) is 15.6. The molecule has 7 heteroatoms. The van der Waals surface area contributed by atoms with Gasteiger partial charge in [0.1, 0.15) is 12.6 Å². The minimum Gasteiger partial charge on any atom is -0.480 e. The Bertz CT molecular complexity index is 1100. The molecule has 184 valence electrons. The maximum absolute atomic E-state index is 13.2. The number of carboxylic acid groups (broad SMARTS) is 1. The van der Waals surface area contributed by atoms with Gasteiger partial charge in [-0.1, -0.05) is 48.5 Å². The molecule has 2 N–H and O–H groups in total. The predicted octanol–water partition coefficient (Wildman–Crippen LogP) is 4.55. The Balaban J connectivity index is 1.25. The molecule has 2 unspecified atom stereocenters. The first kappa shape index (κ1) is 23.4. The number of carbonyl (C=O) groups excluding carboxylic acids is 2. The van der Waals surface area contributed by atoms with E-state index in [1.165, 1.54) is 16.0 Å². The van der Waals surface area contributed by atoms with Gasteiger partial charge in [-0.25, -0.2) is 9.59 Å². The van der Waals surface area contributed by atoms with Crippen LogP contribution in [0.25, 0.3) is 11.1 Å². The van der Waals surface area contributed by atoms with Crippen molar-refractivity contribution in [1.82, 2.24) is 10.2 Å². The summed E-state index contributed by atoms with van der Waals surface area (Å²) < 4.78 is 5.73. The Kier molecular flexibility index (Phi) is 6.26. The number of carbonyl (C=O) groups is 3. The first-order valence-electron chi connectivity index (χ1n) is 12.5. The lowest BCUT2D eigenvalue weighted by atomic mass is 9.90. The summed E-state index contributed by atoms with van der Waals surface area (Å²) in [5.74, 6) is -1.03. The summed E-state index contributed by atoms with van der Waals surface area (Å²) in [6.07, 6.45) is 3.47. The minimum absolute atomic E-state index is 0.0355. The van der Waals surface area contributed by atoms with Gasteiger partial charge in [0.25, 0.3) is 0 Å². The molecule has 2 amide bonds. The van der Waals surface area contributed by atoms with Crippen molar-refractivity contribution in [2.24, 2.45) is 5.92 Å². The van der Waals surface area contributed by atoms with Gasteiger partial charge >= 0.3 is 12.1 Å². The lowest BCUT2D eigenvalue weighted by Crippen LogP contribution is -2.54. The number of piperidine rings is 1. The number of alkyl carbamates (subject to hydrolysis) is 1. The van der Waals surface area contributed by atoms with Crippen molar-refractivity contribution in [3.63, 3.8) is 0 Å². The lowest BCUT2D eigenvalue weighted by molar-refractivity contribution is -0.152. The van der Waals surface area contributed by atoms with Gasteiger partial charge in [0.05, 0.1) is 12.0 Å². The number of amides is 2. The van der Waals surface area contributed by atoms with Crippen LogP contribution in [-0.2, 0) is 14.3 Å². The molecule has 3 aliphatic rings. The molecule has 0 radical (unpaired) electrons. The zero-order valence-corrected chi connectivity index (χ0v) is 20.0. The van der Waals surface area contributed by atoms with E-state index in [2.05, 4.69) is 29.6 Å². The molecule has 1 heterocycles. The van der Waals surface area contributed by atoms with E-state index in [9.17, 15) is 19.5 Å². The number of benzene rings is 2. The van der Waals surface area contributed by atoms with Gasteiger partial charge in [-0.15, -0.1) is 0 Å². The fourth-order valence-corrected chi connectivity index (χ4v) is 5.78. The second-order valence-corrected chi connectivity index (χ2v) is 10.3. The molecular formula is C28H32N2O5. The molecule has 2 aromatic carbocycles. The first-order chi connectivity index (χ1) is 16.9. The molecule has 2 atom stereocenters. The van der Waals surface area contributed by atoms with E-state index in [0.717, 1.165) is 36.8 Å². The summed E-state index contributed by atoms with van der Waals surface area (Å²) in [6.45, 7) is 2.53. The smallest absolute Gasteiger partial charge is 0.407 e. The highest BCUT2D eigenvalue weighted by atomic mass is 16.5. The average Bonchev–Trinajstić information content (AvgIpc) is 3.67. The highest BCUT2D eigenvalue weighted by Crippen LogP contribution is 2.45. The number of nitrogens with zero attached hydrogens (tertiary/aromatic N) is 1. The van der Waals surface area contributed by atoms with E-state index in [4.69, 9.17) is 4.74 Å². The molecule has 0 spiro atoms. The van der Waals surface area contributed by atoms with Crippen LogP contribution in [0.4, 0.5) is 4.79 Å². The SMILES string of the molecule is CC(CC(=O)N1CCCCC1C(=O)O)(NC(=O)OCC1c2ccccc2-c2ccccc21)C1CC1. The van der Waals surface area contributed by atoms with E-state index in [1.54, 1.807) is 0 Å². The van der Waals surface area contributed by atoms with Crippen LogP contribution in [0, 0.1) is 5.92 Å². The Morgan fingerprint density at radius 2 is 1.63 bits per heavy atom. The molecule has 2 fully saturated rings. The van der Waals surface area contributed by atoms with Crippen LogP contribution in [0.3, 0.4) is 0 Å². The third-order valence-corrected chi connectivity index (χ3v) is 7.84. The van der Waals surface area contributed by atoms with E-state index in [1.807, 2.05) is 31.2 Å². The highest BCUT2D eigenvalue weighted by Gasteiger charge is 2.46. The van der Waals surface area contributed by atoms with Crippen molar-refractivity contribution in [1.29, 1.82) is 0 Å². The monoisotopic (exact) mass is 476 g/mol. The Hall–Kier alpha value is -3.35. The van der Waals surface area contributed by atoms with Crippen molar-refractivity contribution in [3.8, 4) is 11.1 Å². The molecule has 35 heavy (non-hydrogen) atoms. The normalized spacial score (nSPS) is 20.9. The molecule has 7 nitrogen and oxygen atoms in total. The number of fused-ring (bicyclic) bond motifs is 3. The van der Waals surface area contributed by atoms with Crippen molar-refractivity contribution < 1.29 is 24.2 Å². The summed E-state index contributed by atoms with van der Waals surface area (Å²) in [5, 5.41) is 12.5. The maximum Gasteiger partial charge on any atom is 0.407 e. The van der Waals surface area contributed by atoms with Crippen molar-refractivity contribution in [2.75, 3.05) is 13.2 Å². The Labute approximate surface area is 205 Å². The van der Waals surface area contributed by atoms with Crippen LogP contribution in [0.1, 0.15) is 62.5 Å². The minimum atomic E-state index is -0.962. The average molecular weight is 477 g/mol. The largest absolute Gasteiger partial charge is 0.480 e. The van der Waals surface area contributed by atoms with Crippen molar-refractivity contribution in [2.45, 2.75) is 62.9 Å². The van der Waals surface area contributed by atoms with Crippen molar-refractivity contribution >= 4 is 18.0 Å². The van der Waals surface area contributed by atoms with Crippen LogP contribution >= 0.6 is 0 Å². The van der Waals surface area contributed by atoms with Gasteiger partial charge in [0.2, 0.25) is 5.91 Å². The van der Waals surface area contributed by atoms with E-state index < -0.39 is 23.6 Å². The number of rotatable bonds is 7. The number of hydrogen-bond acceptors (Lipinski definition) is 4. The molecule has 1 aliphatic heterocycles. The van der Waals surface area contributed by atoms with E-state index in [0.29, 0.717) is 13.0 Å². The van der Waals surface area contributed by atoms with Gasteiger partial charge in [-0.05, 0) is 67.2 Å². The van der Waals surface area contributed by atoms with Crippen LogP contribution in [-0.4, -0.2) is 52.7 Å². The van der Waals surface area contributed by atoms with Crippen LogP contribution in [0.15, 0.2) is 48.5 Å². The molecule has 0 bridgehead atoms. The first-order valence-corrected chi connectivity index (χ1v) is 12.5. The highest BCUT2D eigenvalue weighted by molar-refractivity contribution is 5.85. The summed E-state index contributed by atoms with van der Waals surface area (Å²) in [7, 11) is 0. The quantitative estimate of drug-likeness (QED) is 0.611. The van der Waals surface area contributed by atoms with Crippen LogP contribution in [0.2, 0.25) is 0 Å². The molecule has 2 aromatic rings. The topological polar surface area (TPSA) is 95.9 Å². The molecule has 1 saturated carbocycles. The maximum atomic E-state index is 13.2. The third kappa shape index (κ3) is 4.64. The number of carboxylic acids is 1. The number of hydrogen-bond donors (Lipinski definition) is 2. The summed E-state index contributed by atoms with van der Waals surface area (Å²) in [4.78, 5) is 39.2. The number of ether oxygens (including phenoxy) is 1. The number of likely N-dealkylation sites (tertiary alicyclic amines) is 1. The van der Waals surface area contributed by atoms with E-state index >= 15 is 0 Å². The Morgan fingerprint density at radius 3 is 2.23 bits per heavy atom. The second kappa shape index (κ2) is 9.36. The van der Waals surface area contributed by atoms with Crippen LogP contribution < -0.4 is 5.32 Å². The van der Waals surface area contributed by atoms with Gasteiger partial charge < -0.3 is 20.1 Å². The zero-order valence-electron chi connectivity index (χ0n) is 20.0. The molecule has 2 aliphatic carbocycles. The predicted molar refractivity (Wildman–Crippen MR) is 131 cm³/mol. The molecule has 5 rings (SSSR count). The Morgan fingerprint density at radius 1 is 1.00 bits per heavy atom. The van der Waals surface area contributed by atoms with Gasteiger partial charge in [-0.2, -0.15) is 0 Å². The summed E-state index contributed by atoms with van der Waals surface area (Å²) >= 11 is 0. The van der Waals surface area contributed by atoms with Crippen LogP contribution in [0.5, 0.6) is 0 Å². The lowest BCUT2D eigenvalue weighted by Gasteiger charge is -2.37. The van der Waals surface area contributed by atoms with Gasteiger partial charge in [-0.3, -0.25) is 4.79 Å². The zero-order chi connectivity index (χ0) is 24.6. The third-order valence-electron chi connectivity index (χ3n) is 7.84. The standard InChI is InChI=1S/C28H32N2O5/c1-28(18-13-14-18,16-25(31)30-15-7-6-12-24(30)26(32)33)29-27(34)35-17-23-21-10-4-2-8-19(21)20-9-3-5-11-22(20)23/h2-5,8-11,18,23-24H,6-7,12-17H2,1H3,(H,29,34)(H,32,33). The fraction of sp³-hybridized carbons (Fsp3) is 0.464. The molecule has 0 aromatic heterocycles.